The predicted molar refractivity (Wildman–Crippen MR) is 61.9 cm³/mol. The molecular weight excluding hydrogens is 204 g/mol. The van der Waals surface area contributed by atoms with Gasteiger partial charge in [0.15, 0.2) is 0 Å². The molecule has 0 aliphatic rings. The zero-order valence-corrected chi connectivity index (χ0v) is 9.81. The van der Waals surface area contributed by atoms with Gasteiger partial charge in [0, 0.05) is 0 Å². The average molecular weight is 222 g/mol. The summed E-state index contributed by atoms with van der Waals surface area (Å²) in [7, 11) is 1.40. The Labute approximate surface area is 96.4 Å². The normalized spacial score (nSPS) is 12.1. The number of esters is 1. The molecule has 0 aliphatic carbocycles. The van der Waals surface area contributed by atoms with E-state index in [-0.39, 0.29) is 11.9 Å². The Bertz CT molecular complexity index is 308. The van der Waals surface area contributed by atoms with E-state index in [1.165, 1.54) is 7.11 Å². The number of ether oxygens (including phenoxy) is 2. The highest BCUT2D eigenvalue weighted by molar-refractivity contribution is 5.69. The lowest BCUT2D eigenvalue weighted by atomic mass is 10.1. The quantitative estimate of drug-likeness (QED) is 0.693. The van der Waals surface area contributed by atoms with E-state index in [0.29, 0.717) is 19.6 Å². The molecule has 0 saturated heterocycles. The van der Waals surface area contributed by atoms with Crippen molar-refractivity contribution in [1.82, 2.24) is 0 Å². The molecule has 1 aromatic rings. The molecule has 3 nitrogen and oxygen atoms in total. The standard InChI is InChI=1S/C13H18O3/c1-11(8-13(14)15-2)9-16-10-12-6-4-3-5-7-12/h3-7,11H,8-10H2,1-2H3/t11-/m0/s1. The van der Waals surface area contributed by atoms with Crippen molar-refractivity contribution < 1.29 is 14.3 Å². The number of hydrogen-bond donors (Lipinski definition) is 0. The summed E-state index contributed by atoms with van der Waals surface area (Å²) in [6.07, 6.45) is 0.408. The van der Waals surface area contributed by atoms with E-state index < -0.39 is 0 Å². The van der Waals surface area contributed by atoms with E-state index >= 15 is 0 Å². The second-order valence-electron chi connectivity index (χ2n) is 3.89. The highest BCUT2D eigenvalue weighted by Gasteiger charge is 2.08. The maximum atomic E-state index is 11.0. The van der Waals surface area contributed by atoms with E-state index in [0.717, 1.165) is 5.56 Å². The zero-order valence-electron chi connectivity index (χ0n) is 9.81. The summed E-state index contributed by atoms with van der Waals surface area (Å²) in [5, 5.41) is 0. The molecule has 16 heavy (non-hydrogen) atoms. The first-order valence-electron chi connectivity index (χ1n) is 5.41. The second-order valence-corrected chi connectivity index (χ2v) is 3.89. The van der Waals surface area contributed by atoms with Gasteiger partial charge in [-0.1, -0.05) is 37.3 Å². The van der Waals surface area contributed by atoms with Gasteiger partial charge in [0.2, 0.25) is 0 Å². The Balaban J connectivity index is 2.18. The first kappa shape index (κ1) is 12.7. The first-order valence-corrected chi connectivity index (χ1v) is 5.41. The minimum Gasteiger partial charge on any atom is -0.469 e. The van der Waals surface area contributed by atoms with Crippen LogP contribution in [0.2, 0.25) is 0 Å². The van der Waals surface area contributed by atoms with Gasteiger partial charge in [0.05, 0.1) is 26.7 Å². The number of methoxy groups -OCH3 is 1. The van der Waals surface area contributed by atoms with E-state index in [1.807, 2.05) is 37.3 Å². The lowest BCUT2D eigenvalue weighted by Crippen LogP contribution is -2.12. The fourth-order valence-corrected chi connectivity index (χ4v) is 1.38. The average Bonchev–Trinajstić information content (AvgIpc) is 2.30. The molecule has 0 aliphatic heterocycles. The molecule has 0 saturated carbocycles. The van der Waals surface area contributed by atoms with Crippen molar-refractivity contribution in [3.05, 3.63) is 35.9 Å². The first-order chi connectivity index (χ1) is 7.72. The van der Waals surface area contributed by atoms with Crippen molar-refractivity contribution in [2.24, 2.45) is 5.92 Å². The van der Waals surface area contributed by atoms with Crippen LogP contribution in [-0.4, -0.2) is 19.7 Å². The number of rotatable bonds is 6. The SMILES string of the molecule is COC(=O)C[C@H](C)COCc1ccccc1. The summed E-state index contributed by atoms with van der Waals surface area (Å²) in [6, 6.07) is 9.98. The molecule has 1 aromatic carbocycles. The van der Waals surface area contributed by atoms with Gasteiger partial charge in [-0.05, 0) is 11.5 Å². The number of hydrogen-bond acceptors (Lipinski definition) is 3. The molecule has 3 heteroatoms. The minimum atomic E-state index is -0.184. The monoisotopic (exact) mass is 222 g/mol. The molecule has 1 atom stereocenters. The van der Waals surface area contributed by atoms with Gasteiger partial charge < -0.3 is 9.47 Å². The smallest absolute Gasteiger partial charge is 0.305 e. The highest BCUT2D eigenvalue weighted by atomic mass is 16.5. The van der Waals surface area contributed by atoms with Crippen LogP contribution in [0.4, 0.5) is 0 Å². The van der Waals surface area contributed by atoms with Crippen molar-refractivity contribution in [1.29, 1.82) is 0 Å². The van der Waals surface area contributed by atoms with Crippen LogP contribution in [0, 0.1) is 5.92 Å². The van der Waals surface area contributed by atoms with Crippen LogP contribution in [0.15, 0.2) is 30.3 Å². The Morgan fingerprint density at radius 1 is 1.31 bits per heavy atom. The highest BCUT2D eigenvalue weighted by Crippen LogP contribution is 2.06. The Kier molecular flexibility index (Phi) is 5.57. The van der Waals surface area contributed by atoms with Gasteiger partial charge in [-0.25, -0.2) is 0 Å². The fourth-order valence-electron chi connectivity index (χ4n) is 1.38. The van der Waals surface area contributed by atoms with E-state index in [2.05, 4.69) is 4.74 Å². The molecule has 0 N–H and O–H groups in total. The fraction of sp³-hybridized carbons (Fsp3) is 0.462. The van der Waals surface area contributed by atoms with Crippen LogP contribution in [0.5, 0.6) is 0 Å². The van der Waals surface area contributed by atoms with Crippen LogP contribution < -0.4 is 0 Å². The second kappa shape index (κ2) is 7.01. The summed E-state index contributed by atoms with van der Waals surface area (Å²) in [4.78, 5) is 11.0. The van der Waals surface area contributed by atoms with E-state index in [9.17, 15) is 4.79 Å². The summed E-state index contributed by atoms with van der Waals surface area (Å²) in [5.74, 6) is 0.00646. The number of carbonyl (C=O) groups excluding carboxylic acids is 1. The lowest BCUT2D eigenvalue weighted by molar-refractivity contribution is -0.142. The zero-order chi connectivity index (χ0) is 11.8. The Hall–Kier alpha value is -1.35. The van der Waals surface area contributed by atoms with Crippen LogP contribution in [0.25, 0.3) is 0 Å². The molecular formula is C13H18O3. The van der Waals surface area contributed by atoms with Gasteiger partial charge in [-0.15, -0.1) is 0 Å². The van der Waals surface area contributed by atoms with Crippen LogP contribution in [0.1, 0.15) is 18.9 Å². The molecule has 88 valence electrons. The molecule has 0 amide bonds. The summed E-state index contributed by atoms with van der Waals surface area (Å²) in [5.41, 5.74) is 1.15. The van der Waals surface area contributed by atoms with Gasteiger partial charge in [0.25, 0.3) is 0 Å². The third-order valence-electron chi connectivity index (χ3n) is 2.26. The van der Waals surface area contributed by atoms with Crippen LogP contribution >= 0.6 is 0 Å². The summed E-state index contributed by atoms with van der Waals surface area (Å²) in [6.45, 7) is 3.14. The topological polar surface area (TPSA) is 35.5 Å². The van der Waals surface area contributed by atoms with Crippen LogP contribution in [0.3, 0.4) is 0 Å². The molecule has 0 heterocycles. The van der Waals surface area contributed by atoms with E-state index in [4.69, 9.17) is 4.74 Å². The molecule has 1 rings (SSSR count). The van der Waals surface area contributed by atoms with Gasteiger partial charge in [-0.3, -0.25) is 4.79 Å². The third-order valence-corrected chi connectivity index (χ3v) is 2.26. The van der Waals surface area contributed by atoms with Gasteiger partial charge in [0.1, 0.15) is 0 Å². The molecule has 0 spiro atoms. The Morgan fingerprint density at radius 2 is 2.00 bits per heavy atom. The van der Waals surface area contributed by atoms with Crippen molar-refractivity contribution in [3.63, 3.8) is 0 Å². The van der Waals surface area contributed by atoms with Gasteiger partial charge in [-0.2, -0.15) is 0 Å². The largest absolute Gasteiger partial charge is 0.469 e. The summed E-state index contributed by atoms with van der Waals surface area (Å²) >= 11 is 0. The van der Waals surface area contributed by atoms with Crippen molar-refractivity contribution in [2.45, 2.75) is 20.0 Å². The maximum absolute atomic E-state index is 11.0. The predicted octanol–water partition coefficient (Wildman–Crippen LogP) is 2.40. The molecule has 0 bridgehead atoms. The van der Waals surface area contributed by atoms with Crippen LogP contribution in [-0.2, 0) is 20.9 Å². The number of benzene rings is 1. The van der Waals surface area contributed by atoms with Crippen molar-refractivity contribution >= 4 is 5.97 Å². The van der Waals surface area contributed by atoms with Crippen molar-refractivity contribution in [3.8, 4) is 0 Å². The number of carbonyl (C=O) groups is 1. The lowest BCUT2D eigenvalue weighted by Gasteiger charge is -2.10. The minimum absolute atomic E-state index is 0.184. The third kappa shape index (κ3) is 4.94. The van der Waals surface area contributed by atoms with Crippen molar-refractivity contribution in [2.75, 3.05) is 13.7 Å². The molecule has 0 aromatic heterocycles. The summed E-state index contributed by atoms with van der Waals surface area (Å²) < 4.78 is 10.1. The molecule has 0 radical (unpaired) electrons. The Morgan fingerprint density at radius 3 is 2.62 bits per heavy atom. The van der Waals surface area contributed by atoms with Gasteiger partial charge >= 0.3 is 5.97 Å². The molecule has 0 fully saturated rings. The maximum Gasteiger partial charge on any atom is 0.305 e. The van der Waals surface area contributed by atoms with E-state index in [1.54, 1.807) is 0 Å². The molecule has 0 unspecified atom stereocenters.